The van der Waals surface area contributed by atoms with E-state index in [1.807, 2.05) is 24.3 Å². The fourth-order valence-corrected chi connectivity index (χ4v) is 3.52. The molecule has 1 saturated heterocycles. The molecule has 30 heavy (non-hydrogen) atoms. The van der Waals surface area contributed by atoms with Crippen molar-refractivity contribution in [2.75, 3.05) is 20.3 Å². The molecular weight excluding hydrogens is 394 g/mol. The van der Waals surface area contributed by atoms with Gasteiger partial charge in [-0.3, -0.25) is 4.57 Å². The fraction of sp³-hybridized carbons (Fsp3) is 0.550. The minimum Gasteiger partial charge on any atom is -0.497 e. The van der Waals surface area contributed by atoms with E-state index in [9.17, 15) is 10.1 Å². The Balaban J connectivity index is 1.41. The van der Waals surface area contributed by atoms with Gasteiger partial charge in [0, 0.05) is 11.6 Å². The van der Waals surface area contributed by atoms with Crippen molar-refractivity contribution >= 4 is 5.82 Å². The smallest absolute Gasteiger partial charge is 0.414 e. The molecule has 10 heteroatoms. The third kappa shape index (κ3) is 4.89. The highest BCUT2D eigenvalue weighted by molar-refractivity contribution is 5.26. The minimum absolute atomic E-state index is 0.198. The van der Waals surface area contributed by atoms with Crippen molar-refractivity contribution in [2.45, 2.75) is 50.9 Å². The van der Waals surface area contributed by atoms with Gasteiger partial charge in [-0.1, -0.05) is 12.1 Å². The van der Waals surface area contributed by atoms with Crippen LogP contribution in [0, 0.1) is 10.1 Å². The second-order valence-electron chi connectivity index (χ2n) is 7.28. The van der Waals surface area contributed by atoms with Crippen LogP contribution >= 0.6 is 0 Å². The van der Waals surface area contributed by atoms with Crippen LogP contribution < -0.4 is 9.47 Å². The zero-order valence-corrected chi connectivity index (χ0v) is 16.8. The first-order valence-electron chi connectivity index (χ1n) is 9.98. The second-order valence-corrected chi connectivity index (χ2v) is 7.28. The highest BCUT2D eigenvalue weighted by Gasteiger charge is 2.37. The molecule has 0 aliphatic carbocycles. The number of aromatic nitrogens is 2. The summed E-state index contributed by atoms with van der Waals surface area (Å²) < 4.78 is 30.4. The van der Waals surface area contributed by atoms with Crippen molar-refractivity contribution in [3.63, 3.8) is 0 Å². The molecule has 0 saturated carbocycles. The number of methoxy groups -OCH3 is 1. The number of ether oxygens (including phenoxy) is 5. The van der Waals surface area contributed by atoms with Gasteiger partial charge in [0.2, 0.25) is 0 Å². The minimum atomic E-state index is -0.538. The normalized spacial score (nSPS) is 23.4. The molecule has 1 unspecified atom stereocenters. The van der Waals surface area contributed by atoms with Crippen LogP contribution in [0.2, 0.25) is 0 Å². The molecular formula is C20H25N3O7. The van der Waals surface area contributed by atoms with E-state index in [1.165, 1.54) is 6.20 Å². The van der Waals surface area contributed by atoms with Crippen LogP contribution in [0.15, 0.2) is 30.5 Å². The molecule has 0 amide bonds. The van der Waals surface area contributed by atoms with Crippen molar-refractivity contribution < 1.29 is 28.6 Å². The highest BCUT2D eigenvalue weighted by Crippen LogP contribution is 2.28. The molecule has 0 bridgehead atoms. The van der Waals surface area contributed by atoms with Gasteiger partial charge < -0.3 is 33.8 Å². The number of hydrogen-bond acceptors (Lipinski definition) is 8. The van der Waals surface area contributed by atoms with E-state index in [1.54, 1.807) is 11.7 Å². The summed E-state index contributed by atoms with van der Waals surface area (Å²) in [6.45, 7) is 1.69. The SMILES string of the molecule is COc1ccc(COC[C@@H]2Oc3nc([N+](=O)[O-])cn3C[C@H]2OC2CCCCO2)cc1. The molecule has 0 N–H and O–H groups in total. The Morgan fingerprint density at radius 1 is 1.30 bits per heavy atom. The molecule has 1 fully saturated rings. The fourth-order valence-electron chi connectivity index (χ4n) is 3.52. The zero-order valence-electron chi connectivity index (χ0n) is 16.8. The molecule has 2 aliphatic heterocycles. The monoisotopic (exact) mass is 419 g/mol. The van der Waals surface area contributed by atoms with Crippen LogP contribution in [0.25, 0.3) is 0 Å². The van der Waals surface area contributed by atoms with Gasteiger partial charge >= 0.3 is 11.8 Å². The molecule has 1 aromatic heterocycles. The maximum atomic E-state index is 11.1. The standard InChI is InChI=1S/C20H25N3O7/c1-26-15-7-5-14(6-8-15)12-27-13-17-16(29-19-4-2-3-9-28-19)10-22-11-18(23(24)25)21-20(22)30-17/h5-8,11,16-17,19H,2-4,9-10,12-13H2,1H3/t16-,17+,19?/m1/s1. The van der Waals surface area contributed by atoms with Gasteiger partial charge in [0.05, 0.1) is 26.9 Å². The highest BCUT2D eigenvalue weighted by atomic mass is 16.7. The summed E-state index contributed by atoms with van der Waals surface area (Å²) in [6, 6.07) is 7.81. The summed E-state index contributed by atoms with van der Waals surface area (Å²) in [5, 5.41) is 11.1. The Hall–Kier alpha value is -2.69. The Kier molecular flexibility index (Phi) is 6.46. The lowest BCUT2D eigenvalue weighted by Crippen LogP contribution is -2.47. The largest absolute Gasteiger partial charge is 0.497 e. The summed E-state index contributed by atoms with van der Waals surface area (Å²) in [5.41, 5.74) is 0.997. The first-order chi connectivity index (χ1) is 14.6. The quantitative estimate of drug-likeness (QED) is 0.475. The van der Waals surface area contributed by atoms with Gasteiger partial charge in [0.25, 0.3) is 0 Å². The molecule has 0 radical (unpaired) electrons. The summed E-state index contributed by atoms with van der Waals surface area (Å²) in [4.78, 5) is 14.5. The van der Waals surface area contributed by atoms with Crippen molar-refractivity contribution in [1.82, 2.24) is 9.55 Å². The van der Waals surface area contributed by atoms with Gasteiger partial charge in [-0.25, -0.2) is 0 Å². The lowest BCUT2D eigenvalue weighted by atomic mass is 10.1. The molecule has 3 atom stereocenters. The van der Waals surface area contributed by atoms with E-state index >= 15 is 0 Å². The van der Waals surface area contributed by atoms with Gasteiger partial charge in [0.15, 0.2) is 12.4 Å². The summed E-state index contributed by atoms with van der Waals surface area (Å²) in [6.07, 6.45) is 3.10. The van der Waals surface area contributed by atoms with E-state index in [4.69, 9.17) is 23.7 Å². The molecule has 2 aliphatic rings. The van der Waals surface area contributed by atoms with E-state index < -0.39 is 11.0 Å². The molecule has 162 valence electrons. The number of nitro groups is 1. The van der Waals surface area contributed by atoms with Gasteiger partial charge in [-0.2, -0.15) is 0 Å². The summed E-state index contributed by atoms with van der Waals surface area (Å²) >= 11 is 0. The molecule has 1 aromatic carbocycles. The average molecular weight is 419 g/mol. The number of imidazole rings is 1. The first-order valence-corrected chi connectivity index (χ1v) is 9.98. The van der Waals surface area contributed by atoms with E-state index in [-0.39, 0.29) is 30.8 Å². The third-order valence-corrected chi connectivity index (χ3v) is 5.14. The summed E-state index contributed by atoms with van der Waals surface area (Å²) in [5.74, 6) is 0.529. The van der Waals surface area contributed by atoms with E-state index in [2.05, 4.69) is 4.98 Å². The number of rotatable bonds is 8. The van der Waals surface area contributed by atoms with Gasteiger partial charge in [-0.15, -0.1) is 0 Å². The summed E-state index contributed by atoms with van der Waals surface area (Å²) in [7, 11) is 1.62. The van der Waals surface area contributed by atoms with E-state index in [0.29, 0.717) is 19.8 Å². The molecule has 0 spiro atoms. The predicted octanol–water partition coefficient (Wildman–Crippen LogP) is 2.69. The third-order valence-electron chi connectivity index (χ3n) is 5.14. The van der Waals surface area contributed by atoms with Crippen LogP contribution in [-0.2, 0) is 27.4 Å². The average Bonchev–Trinajstić information content (AvgIpc) is 3.18. The maximum absolute atomic E-state index is 11.1. The lowest BCUT2D eigenvalue weighted by Gasteiger charge is -2.34. The lowest BCUT2D eigenvalue weighted by molar-refractivity contribution is -0.389. The molecule has 2 aromatic rings. The van der Waals surface area contributed by atoms with Crippen LogP contribution in [0.1, 0.15) is 24.8 Å². The number of benzene rings is 1. The van der Waals surface area contributed by atoms with Crippen molar-refractivity contribution in [3.8, 4) is 11.8 Å². The molecule has 4 rings (SSSR count). The van der Waals surface area contributed by atoms with Crippen LogP contribution in [0.3, 0.4) is 0 Å². The Labute approximate surface area is 173 Å². The predicted molar refractivity (Wildman–Crippen MR) is 104 cm³/mol. The van der Waals surface area contributed by atoms with Crippen LogP contribution in [-0.4, -0.2) is 53.3 Å². The van der Waals surface area contributed by atoms with Crippen LogP contribution in [0.4, 0.5) is 5.82 Å². The van der Waals surface area contributed by atoms with Crippen LogP contribution in [0.5, 0.6) is 11.8 Å². The Morgan fingerprint density at radius 3 is 2.83 bits per heavy atom. The first kappa shape index (κ1) is 20.6. The second kappa shape index (κ2) is 9.41. The number of nitrogens with zero attached hydrogens (tertiary/aromatic N) is 3. The van der Waals surface area contributed by atoms with Gasteiger partial charge in [-0.05, 0) is 41.9 Å². The van der Waals surface area contributed by atoms with Crippen molar-refractivity contribution in [1.29, 1.82) is 0 Å². The topological polar surface area (TPSA) is 107 Å². The number of hydrogen-bond donors (Lipinski definition) is 0. The Morgan fingerprint density at radius 2 is 2.13 bits per heavy atom. The molecule has 10 nitrogen and oxygen atoms in total. The van der Waals surface area contributed by atoms with Crippen molar-refractivity contribution in [2.24, 2.45) is 0 Å². The molecule has 3 heterocycles. The Bertz CT molecular complexity index is 849. The van der Waals surface area contributed by atoms with Crippen molar-refractivity contribution in [3.05, 3.63) is 46.1 Å². The zero-order chi connectivity index (χ0) is 20.9. The van der Waals surface area contributed by atoms with E-state index in [0.717, 1.165) is 30.6 Å². The number of fused-ring (bicyclic) bond motifs is 1. The maximum Gasteiger partial charge on any atom is 0.414 e. The van der Waals surface area contributed by atoms with Gasteiger partial charge in [0.1, 0.15) is 18.1 Å².